The van der Waals surface area contributed by atoms with Gasteiger partial charge in [-0.05, 0) is 52.6 Å². The number of nitrogens with zero attached hydrogens (tertiary/aromatic N) is 1. The van der Waals surface area contributed by atoms with Gasteiger partial charge >= 0.3 is 0 Å². The SMILES string of the molecule is CC(C)CC(CC(C)C)NCC(C)(C)N(C)C. The van der Waals surface area contributed by atoms with Gasteiger partial charge in [0.1, 0.15) is 0 Å². The lowest BCUT2D eigenvalue weighted by molar-refractivity contribution is 0.178. The van der Waals surface area contributed by atoms with Crippen LogP contribution in [0.3, 0.4) is 0 Å². The van der Waals surface area contributed by atoms with E-state index in [0.717, 1.165) is 18.4 Å². The molecule has 2 nitrogen and oxygen atoms in total. The second-order valence-electron chi connectivity index (χ2n) is 7.04. The average molecular weight is 242 g/mol. The Morgan fingerprint density at radius 2 is 1.35 bits per heavy atom. The topological polar surface area (TPSA) is 15.3 Å². The highest BCUT2D eigenvalue weighted by molar-refractivity contribution is 4.82. The molecule has 0 aliphatic rings. The summed E-state index contributed by atoms with van der Waals surface area (Å²) in [5.41, 5.74) is 0.228. The number of hydrogen-bond donors (Lipinski definition) is 1. The van der Waals surface area contributed by atoms with Crippen molar-refractivity contribution in [3.05, 3.63) is 0 Å². The third-order valence-corrected chi connectivity index (χ3v) is 3.55. The van der Waals surface area contributed by atoms with Crippen LogP contribution in [0, 0.1) is 11.8 Å². The van der Waals surface area contributed by atoms with Gasteiger partial charge in [-0.1, -0.05) is 27.7 Å². The minimum atomic E-state index is 0.228. The van der Waals surface area contributed by atoms with E-state index in [1.165, 1.54) is 12.8 Å². The molecule has 2 heteroatoms. The predicted molar refractivity (Wildman–Crippen MR) is 78.5 cm³/mol. The van der Waals surface area contributed by atoms with Crippen molar-refractivity contribution in [2.75, 3.05) is 20.6 Å². The average Bonchev–Trinajstić information content (AvgIpc) is 2.12. The predicted octanol–water partition coefficient (Wildman–Crippen LogP) is 3.38. The molecule has 0 saturated carbocycles. The van der Waals surface area contributed by atoms with Crippen molar-refractivity contribution in [2.45, 2.75) is 66.0 Å². The lowest BCUT2D eigenvalue weighted by atomic mass is 9.94. The first-order chi connectivity index (χ1) is 7.65. The first-order valence-electron chi connectivity index (χ1n) is 7.06. The first-order valence-corrected chi connectivity index (χ1v) is 7.06. The van der Waals surface area contributed by atoms with Gasteiger partial charge in [0.2, 0.25) is 0 Å². The molecule has 0 heterocycles. The Kier molecular flexibility index (Phi) is 7.34. The van der Waals surface area contributed by atoms with Crippen LogP contribution in [-0.4, -0.2) is 37.1 Å². The van der Waals surface area contributed by atoms with Crippen LogP contribution in [0.1, 0.15) is 54.4 Å². The van der Waals surface area contributed by atoms with Gasteiger partial charge in [-0.2, -0.15) is 0 Å². The summed E-state index contributed by atoms with van der Waals surface area (Å²) in [6.07, 6.45) is 2.56. The van der Waals surface area contributed by atoms with Gasteiger partial charge in [0.05, 0.1) is 0 Å². The fraction of sp³-hybridized carbons (Fsp3) is 1.00. The van der Waals surface area contributed by atoms with Crippen LogP contribution in [0.2, 0.25) is 0 Å². The molecule has 0 saturated heterocycles. The summed E-state index contributed by atoms with van der Waals surface area (Å²) >= 11 is 0. The molecular formula is C15H34N2. The maximum atomic E-state index is 3.76. The van der Waals surface area contributed by atoms with E-state index in [1.54, 1.807) is 0 Å². The molecule has 17 heavy (non-hydrogen) atoms. The molecule has 0 rings (SSSR count). The van der Waals surface area contributed by atoms with E-state index in [9.17, 15) is 0 Å². The Labute approximate surface area is 109 Å². The van der Waals surface area contributed by atoms with Gasteiger partial charge in [-0.15, -0.1) is 0 Å². The summed E-state index contributed by atoms with van der Waals surface area (Å²) in [5.74, 6) is 1.54. The molecule has 0 aliphatic carbocycles. The summed E-state index contributed by atoms with van der Waals surface area (Å²) in [7, 11) is 4.31. The van der Waals surface area contributed by atoms with Gasteiger partial charge in [0.25, 0.3) is 0 Å². The van der Waals surface area contributed by atoms with Crippen LogP contribution < -0.4 is 5.32 Å². The number of likely N-dealkylation sites (N-methyl/N-ethyl adjacent to an activating group) is 1. The standard InChI is InChI=1S/C15H34N2/c1-12(2)9-14(10-13(3)4)16-11-15(5,6)17(7)8/h12-14,16H,9-11H2,1-8H3. The molecule has 0 spiro atoms. The normalized spacial score (nSPS) is 13.4. The van der Waals surface area contributed by atoms with Crippen LogP contribution in [0.15, 0.2) is 0 Å². The fourth-order valence-corrected chi connectivity index (χ4v) is 1.95. The maximum Gasteiger partial charge on any atom is 0.0271 e. The molecule has 0 atom stereocenters. The lowest BCUT2D eigenvalue weighted by Crippen LogP contribution is -2.49. The molecule has 0 bridgehead atoms. The summed E-state index contributed by atoms with van der Waals surface area (Å²) in [6, 6.07) is 0.661. The van der Waals surface area contributed by atoms with Gasteiger partial charge in [0, 0.05) is 18.1 Å². The van der Waals surface area contributed by atoms with E-state index in [2.05, 4.69) is 65.9 Å². The molecule has 0 aliphatic heterocycles. The molecule has 0 unspecified atom stereocenters. The van der Waals surface area contributed by atoms with Crippen LogP contribution in [0.25, 0.3) is 0 Å². The second-order valence-corrected chi connectivity index (χ2v) is 7.04. The zero-order chi connectivity index (χ0) is 13.6. The Morgan fingerprint density at radius 3 is 1.65 bits per heavy atom. The van der Waals surface area contributed by atoms with Crippen LogP contribution >= 0.6 is 0 Å². The highest BCUT2D eigenvalue weighted by atomic mass is 15.2. The van der Waals surface area contributed by atoms with Crippen molar-refractivity contribution in [2.24, 2.45) is 11.8 Å². The molecular weight excluding hydrogens is 208 g/mol. The van der Waals surface area contributed by atoms with Gasteiger partial charge in [0.15, 0.2) is 0 Å². The molecule has 1 N–H and O–H groups in total. The Hall–Kier alpha value is -0.0800. The summed E-state index contributed by atoms with van der Waals surface area (Å²) in [4.78, 5) is 2.29. The first kappa shape index (κ1) is 16.9. The second kappa shape index (κ2) is 7.38. The molecule has 0 fully saturated rings. The summed E-state index contributed by atoms with van der Waals surface area (Å²) < 4.78 is 0. The fourth-order valence-electron chi connectivity index (χ4n) is 1.95. The van der Waals surface area contributed by atoms with Crippen LogP contribution in [-0.2, 0) is 0 Å². The molecule has 0 radical (unpaired) electrons. The number of hydrogen-bond acceptors (Lipinski definition) is 2. The van der Waals surface area contributed by atoms with Crippen molar-refractivity contribution >= 4 is 0 Å². The molecule has 0 aromatic rings. The van der Waals surface area contributed by atoms with Crippen LogP contribution in [0.4, 0.5) is 0 Å². The van der Waals surface area contributed by atoms with Crippen molar-refractivity contribution in [3.8, 4) is 0 Å². The van der Waals surface area contributed by atoms with Crippen molar-refractivity contribution < 1.29 is 0 Å². The van der Waals surface area contributed by atoms with Crippen molar-refractivity contribution in [1.82, 2.24) is 10.2 Å². The van der Waals surface area contributed by atoms with Gasteiger partial charge in [-0.25, -0.2) is 0 Å². The Morgan fingerprint density at radius 1 is 0.941 bits per heavy atom. The zero-order valence-corrected chi connectivity index (χ0v) is 13.3. The van der Waals surface area contributed by atoms with E-state index in [4.69, 9.17) is 0 Å². The molecule has 104 valence electrons. The molecule has 0 aromatic carbocycles. The highest BCUT2D eigenvalue weighted by Gasteiger charge is 2.22. The van der Waals surface area contributed by atoms with Crippen LogP contribution in [0.5, 0.6) is 0 Å². The lowest BCUT2D eigenvalue weighted by Gasteiger charge is -2.35. The third-order valence-electron chi connectivity index (χ3n) is 3.55. The van der Waals surface area contributed by atoms with E-state index >= 15 is 0 Å². The minimum absolute atomic E-state index is 0.228. The van der Waals surface area contributed by atoms with Gasteiger partial charge in [-0.3, -0.25) is 0 Å². The summed E-state index contributed by atoms with van der Waals surface area (Å²) in [6.45, 7) is 14.9. The number of rotatable bonds is 8. The smallest absolute Gasteiger partial charge is 0.0271 e. The van der Waals surface area contributed by atoms with Crippen molar-refractivity contribution in [3.63, 3.8) is 0 Å². The third kappa shape index (κ3) is 7.77. The monoisotopic (exact) mass is 242 g/mol. The quantitative estimate of drug-likeness (QED) is 0.702. The zero-order valence-electron chi connectivity index (χ0n) is 13.3. The highest BCUT2D eigenvalue weighted by Crippen LogP contribution is 2.15. The minimum Gasteiger partial charge on any atom is -0.312 e. The largest absolute Gasteiger partial charge is 0.312 e. The van der Waals surface area contributed by atoms with E-state index in [-0.39, 0.29) is 5.54 Å². The Bertz CT molecular complexity index is 185. The Balaban J connectivity index is 4.24. The van der Waals surface area contributed by atoms with Gasteiger partial charge < -0.3 is 10.2 Å². The van der Waals surface area contributed by atoms with E-state index in [0.29, 0.717) is 6.04 Å². The summed E-state index contributed by atoms with van der Waals surface area (Å²) in [5, 5.41) is 3.76. The molecule has 0 amide bonds. The van der Waals surface area contributed by atoms with E-state index < -0.39 is 0 Å². The van der Waals surface area contributed by atoms with E-state index in [1.807, 2.05) is 0 Å². The van der Waals surface area contributed by atoms with Crippen molar-refractivity contribution in [1.29, 1.82) is 0 Å². The maximum absolute atomic E-state index is 3.76. The molecule has 0 aromatic heterocycles. The number of nitrogens with one attached hydrogen (secondary N) is 1.